The Labute approximate surface area is 96.1 Å². The molecule has 0 saturated carbocycles. The van der Waals surface area contributed by atoms with Crippen LogP contribution in [-0.4, -0.2) is 26.3 Å². The Morgan fingerprint density at radius 2 is 2.40 bits per heavy atom. The summed E-state index contributed by atoms with van der Waals surface area (Å²) >= 11 is 3.38. The zero-order chi connectivity index (χ0) is 10.8. The molecule has 0 radical (unpaired) electrons. The molecular formula is C10H12BrN3O. The van der Waals surface area contributed by atoms with E-state index in [9.17, 15) is 0 Å². The second-order valence-corrected chi connectivity index (χ2v) is 4.32. The van der Waals surface area contributed by atoms with Crippen molar-refractivity contribution in [1.29, 1.82) is 0 Å². The number of pyridine rings is 1. The molecule has 0 aliphatic heterocycles. The van der Waals surface area contributed by atoms with Gasteiger partial charge in [-0.15, -0.1) is 0 Å². The molecule has 0 aliphatic rings. The number of nitrogens with zero attached hydrogens (tertiary/aromatic N) is 3. The van der Waals surface area contributed by atoms with Gasteiger partial charge >= 0.3 is 0 Å². The number of halogens is 1. The summed E-state index contributed by atoms with van der Waals surface area (Å²) in [4.78, 5) is 4.38. The van der Waals surface area contributed by atoms with Crippen molar-refractivity contribution >= 4 is 21.6 Å². The maximum Gasteiger partial charge on any atom is 0.157 e. The van der Waals surface area contributed by atoms with Crippen molar-refractivity contribution in [3.8, 4) is 0 Å². The molecule has 0 bridgehead atoms. The highest BCUT2D eigenvalue weighted by Crippen LogP contribution is 2.17. The van der Waals surface area contributed by atoms with Crippen LogP contribution < -0.4 is 0 Å². The van der Waals surface area contributed by atoms with Gasteiger partial charge in [-0.2, -0.15) is 5.10 Å². The van der Waals surface area contributed by atoms with Crippen LogP contribution in [0.1, 0.15) is 25.1 Å². The summed E-state index contributed by atoms with van der Waals surface area (Å²) in [7, 11) is 0. The first-order chi connectivity index (χ1) is 7.24. The maximum atomic E-state index is 9.16. The van der Waals surface area contributed by atoms with Crippen LogP contribution >= 0.6 is 15.9 Å². The Morgan fingerprint density at radius 1 is 1.60 bits per heavy atom. The molecule has 0 saturated heterocycles. The molecule has 0 spiro atoms. The van der Waals surface area contributed by atoms with E-state index in [0.29, 0.717) is 5.82 Å². The molecule has 1 atom stereocenters. The summed E-state index contributed by atoms with van der Waals surface area (Å²) in [6.45, 7) is 2.11. The average Bonchev–Trinajstić information content (AvgIpc) is 2.62. The predicted octanol–water partition coefficient (Wildman–Crippen LogP) is 1.98. The van der Waals surface area contributed by atoms with Gasteiger partial charge in [0.15, 0.2) is 11.5 Å². The fourth-order valence-electron chi connectivity index (χ4n) is 1.44. The normalized spacial score (nSPS) is 13.3. The molecule has 2 aromatic rings. The molecular weight excluding hydrogens is 258 g/mol. The summed E-state index contributed by atoms with van der Waals surface area (Å²) in [6, 6.07) is 3.81. The first kappa shape index (κ1) is 10.6. The van der Waals surface area contributed by atoms with Gasteiger partial charge in [0, 0.05) is 16.6 Å². The summed E-state index contributed by atoms with van der Waals surface area (Å²) in [5.41, 5.74) is 0.797. The lowest BCUT2D eigenvalue weighted by atomic mass is 10.1. The summed E-state index contributed by atoms with van der Waals surface area (Å²) < 4.78 is 2.70. The van der Waals surface area contributed by atoms with Gasteiger partial charge in [-0.25, -0.2) is 9.50 Å². The topological polar surface area (TPSA) is 50.4 Å². The van der Waals surface area contributed by atoms with E-state index in [1.807, 2.05) is 25.3 Å². The molecule has 0 aromatic carbocycles. The van der Waals surface area contributed by atoms with E-state index in [1.165, 1.54) is 0 Å². The fourth-order valence-corrected chi connectivity index (χ4v) is 1.76. The number of aromatic nitrogens is 3. The van der Waals surface area contributed by atoms with Crippen LogP contribution in [0.25, 0.3) is 5.65 Å². The van der Waals surface area contributed by atoms with Gasteiger partial charge in [0.05, 0.1) is 6.61 Å². The van der Waals surface area contributed by atoms with Crippen LogP contribution in [0.2, 0.25) is 0 Å². The van der Waals surface area contributed by atoms with E-state index >= 15 is 0 Å². The quantitative estimate of drug-likeness (QED) is 0.927. The molecule has 0 fully saturated rings. The Bertz CT molecular complexity index is 465. The molecule has 1 unspecified atom stereocenters. The molecule has 0 aliphatic carbocycles. The van der Waals surface area contributed by atoms with Crippen LogP contribution in [0.4, 0.5) is 0 Å². The van der Waals surface area contributed by atoms with Gasteiger partial charge in [-0.1, -0.05) is 22.9 Å². The van der Waals surface area contributed by atoms with E-state index in [-0.39, 0.29) is 12.5 Å². The highest BCUT2D eigenvalue weighted by atomic mass is 79.9. The van der Waals surface area contributed by atoms with E-state index < -0.39 is 0 Å². The SMILES string of the molecule is CCC(CO)c1nc2cc(Br)ccn2n1. The zero-order valence-corrected chi connectivity index (χ0v) is 9.98. The van der Waals surface area contributed by atoms with Gasteiger partial charge in [0.1, 0.15) is 0 Å². The number of hydrogen-bond acceptors (Lipinski definition) is 3. The van der Waals surface area contributed by atoms with Crippen molar-refractivity contribution < 1.29 is 5.11 Å². The first-order valence-electron chi connectivity index (χ1n) is 4.87. The minimum atomic E-state index is 0.0312. The molecule has 0 amide bonds. The Balaban J connectivity index is 2.46. The molecule has 1 N–H and O–H groups in total. The van der Waals surface area contributed by atoms with Crippen LogP contribution in [0.3, 0.4) is 0 Å². The summed E-state index contributed by atoms with van der Waals surface area (Å²) in [6.07, 6.45) is 2.69. The summed E-state index contributed by atoms with van der Waals surface area (Å²) in [5, 5.41) is 13.5. The van der Waals surface area contributed by atoms with Gasteiger partial charge < -0.3 is 5.11 Å². The van der Waals surface area contributed by atoms with E-state index in [4.69, 9.17) is 5.11 Å². The number of fused-ring (bicyclic) bond motifs is 1. The standard InChI is InChI=1S/C10H12BrN3O/c1-2-7(6-15)10-12-9-5-8(11)3-4-14(9)13-10/h3-5,7,15H,2,6H2,1H3. The van der Waals surface area contributed by atoms with E-state index in [0.717, 1.165) is 16.5 Å². The highest BCUT2D eigenvalue weighted by Gasteiger charge is 2.13. The van der Waals surface area contributed by atoms with Crippen molar-refractivity contribution in [3.05, 3.63) is 28.6 Å². The van der Waals surface area contributed by atoms with Crippen molar-refractivity contribution in [3.63, 3.8) is 0 Å². The van der Waals surface area contributed by atoms with Gasteiger partial charge in [0.2, 0.25) is 0 Å². The molecule has 2 aromatic heterocycles. The third-order valence-electron chi connectivity index (χ3n) is 2.39. The maximum absolute atomic E-state index is 9.16. The zero-order valence-electron chi connectivity index (χ0n) is 8.39. The minimum Gasteiger partial charge on any atom is -0.396 e. The van der Waals surface area contributed by atoms with Crippen LogP contribution in [0.15, 0.2) is 22.8 Å². The minimum absolute atomic E-state index is 0.0312. The average molecular weight is 270 g/mol. The molecule has 4 nitrogen and oxygen atoms in total. The van der Waals surface area contributed by atoms with E-state index in [2.05, 4.69) is 26.0 Å². The van der Waals surface area contributed by atoms with Crippen molar-refractivity contribution in [2.45, 2.75) is 19.3 Å². The number of aliphatic hydroxyl groups is 1. The van der Waals surface area contributed by atoms with Gasteiger partial charge in [0.25, 0.3) is 0 Å². The highest BCUT2D eigenvalue weighted by molar-refractivity contribution is 9.10. The number of hydrogen-bond donors (Lipinski definition) is 1. The molecule has 5 heteroatoms. The number of rotatable bonds is 3. The Morgan fingerprint density at radius 3 is 3.07 bits per heavy atom. The van der Waals surface area contributed by atoms with Crippen LogP contribution in [0, 0.1) is 0 Å². The Kier molecular flexibility index (Phi) is 3.02. The molecule has 2 heterocycles. The third-order valence-corrected chi connectivity index (χ3v) is 2.89. The summed E-state index contributed by atoms with van der Waals surface area (Å²) in [5.74, 6) is 0.738. The largest absolute Gasteiger partial charge is 0.396 e. The lowest BCUT2D eigenvalue weighted by molar-refractivity contribution is 0.257. The lowest BCUT2D eigenvalue weighted by Crippen LogP contribution is -2.04. The van der Waals surface area contributed by atoms with Crippen LogP contribution in [-0.2, 0) is 0 Å². The smallest absolute Gasteiger partial charge is 0.157 e. The number of aliphatic hydroxyl groups excluding tert-OH is 1. The van der Waals surface area contributed by atoms with Crippen molar-refractivity contribution in [2.75, 3.05) is 6.61 Å². The molecule has 15 heavy (non-hydrogen) atoms. The predicted molar refractivity (Wildman–Crippen MR) is 60.8 cm³/mol. The van der Waals surface area contributed by atoms with Crippen molar-refractivity contribution in [2.24, 2.45) is 0 Å². The van der Waals surface area contributed by atoms with Crippen LogP contribution in [0.5, 0.6) is 0 Å². The fraction of sp³-hybridized carbons (Fsp3) is 0.400. The lowest BCUT2D eigenvalue weighted by Gasteiger charge is -2.04. The van der Waals surface area contributed by atoms with Crippen molar-refractivity contribution in [1.82, 2.24) is 14.6 Å². The van der Waals surface area contributed by atoms with Gasteiger partial charge in [-0.3, -0.25) is 0 Å². The second-order valence-electron chi connectivity index (χ2n) is 3.41. The first-order valence-corrected chi connectivity index (χ1v) is 5.66. The Hall–Kier alpha value is -0.940. The van der Waals surface area contributed by atoms with E-state index in [1.54, 1.807) is 4.52 Å². The second kappa shape index (κ2) is 4.28. The molecule has 80 valence electrons. The molecule has 2 rings (SSSR count). The van der Waals surface area contributed by atoms with Gasteiger partial charge in [-0.05, 0) is 18.6 Å². The third kappa shape index (κ3) is 2.03. The monoisotopic (exact) mass is 269 g/mol.